The predicted molar refractivity (Wildman–Crippen MR) is 70.0 cm³/mol. The summed E-state index contributed by atoms with van der Waals surface area (Å²) in [6.07, 6.45) is 0. The lowest BCUT2D eigenvalue weighted by molar-refractivity contribution is -0.118. The molecule has 0 aliphatic heterocycles. The van der Waals surface area contributed by atoms with E-state index in [1.54, 1.807) is 14.2 Å². The molecule has 0 atom stereocenters. The number of rotatable bonds is 5. The number of amides is 1. The highest BCUT2D eigenvalue weighted by molar-refractivity contribution is 7.81. The molecule has 0 bridgehead atoms. The van der Waals surface area contributed by atoms with Crippen molar-refractivity contribution in [3.8, 4) is 11.5 Å². The van der Waals surface area contributed by atoms with Crippen molar-refractivity contribution in [3.05, 3.63) is 23.3 Å². The summed E-state index contributed by atoms with van der Waals surface area (Å²) in [5, 5.41) is 2.74. The van der Waals surface area contributed by atoms with Crippen molar-refractivity contribution in [1.82, 2.24) is 5.32 Å². The molecule has 0 unspecified atom stereocenters. The summed E-state index contributed by atoms with van der Waals surface area (Å²) in [4.78, 5) is 11.1. The van der Waals surface area contributed by atoms with Crippen LogP contribution in [0, 0.1) is 6.92 Å². The topological polar surface area (TPSA) is 47.6 Å². The molecular formula is C12H17NO3S. The van der Waals surface area contributed by atoms with Gasteiger partial charge in [0.05, 0.1) is 20.0 Å². The van der Waals surface area contributed by atoms with Gasteiger partial charge in [-0.2, -0.15) is 12.6 Å². The number of aryl methyl sites for hydroxylation is 1. The molecule has 0 aliphatic carbocycles. The Morgan fingerprint density at radius 1 is 1.29 bits per heavy atom. The number of thiol groups is 1. The van der Waals surface area contributed by atoms with Crippen molar-refractivity contribution in [2.24, 2.45) is 0 Å². The summed E-state index contributed by atoms with van der Waals surface area (Å²) in [5.41, 5.74) is 1.87. The van der Waals surface area contributed by atoms with E-state index < -0.39 is 0 Å². The molecule has 1 N–H and O–H groups in total. The lowest BCUT2D eigenvalue weighted by Crippen LogP contribution is -2.24. The normalized spacial score (nSPS) is 9.88. The lowest BCUT2D eigenvalue weighted by Gasteiger charge is -2.13. The number of hydrogen-bond acceptors (Lipinski definition) is 4. The van der Waals surface area contributed by atoms with E-state index >= 15 is 0 Å². The Hall–Kier alpha value is -1.36. The Bertz CT molecular complexity index is 407. The summed E-state index contributed by atoms with van der Waals surface area (Å²) in [7, 11) is 3.22. The number of carbonyl (C=O) groups excluding carboxylic acids is 1. The van der Waals surface area contributed by atoms with Crippen LogP contribution in [0.3, 0.4) is 0 Å². The minimum atomic E-state index is -0.116. The van der Waals surface area contributed by atoms with E-state index in [-0.39, 0.29) is 11.7 Å². The van der Waals surface area contributed by atoms with Gasteiger partial charge >= 0.3 is 0 Å². The first kappa shape index (κ1) is 13.7. The fourth-order valence-electron chi connectivity index (χ4n) is 1.50. The highest BCUT2D eigenvalue weighted by atomic mass is 32.1. The van der Waals surface area contributed by atoms with Gasteiger partial charge in [-0.3, -0.25) is 4.79 Å². The number of hydrogen-bond donors (Lipinski definition) is 2. The van der Waals surface area contributed by atoms with Crippen molar-refractivity contribution in [2.45, 2.75) is 13.5 Å². The van der Waals surface area contributed by atoms with Crippen LogP contribution in [0.5, 0.6) is 11.5 Å². The molecule has 0 saturated carbocycles. The van der Waals surface area contributed by atoms with Gasteiger partial charge in [0.2, 0.25) is 5.91 Å². The van der Waals surface area contributed by atoms with Crippen molar-refractivity contribution >= 4 is 18.5 Å². The first-order valence-corrected chi connectivity index (χ1v) is 5.84. The molecule has 94 valence electrons. The molecule has 1 rings (SSSR count). The van der Waals surface area contributed by atoms with Crippen LogP contribution < -0.4 is 14.8 Å². The maximum absolute atomic E-state index is 11.1. The molecule has 0 aliphatic rings. The molecule has 5 heteroatoms. The summed E-state index contributed by atoms with van der Waals surface area (Å²) in [5.74, 6) is 1.57. The summed E-state index contributed by atoms with van der Waals surface area (Å²) < 4.78 is 10.5. The SMILES string of the molecule is COc1cc(CNC(=O)CS)c(OC)cc1C. The third kappa shape index (κ3) is 3.56. The highest BCUT2D eigenvalue weighted by Gasteiger charge is 2.09. The van der Waals surface area contributed by atoms with Gasteiger partial charge in [-0.1, -0.05) is 0 Å². The van der Waals surface area contributed by atoms with Gasteiger partial charge in [0.15, 0.2) is 0 Å². The Morgan fingerprint density at radius 3 is 2.47 bits per heavy atom. The van der Waals surface area contributed by atoms with Crippen LogP contribution in [0.1, 0.15) is 11.1 Å². The molecule has 0 aromatic heterocycles. The molecule has 0 saturated heterocycles. The van der Waals surface area contributed by atoms with Gasteiger partial charge in [0.1, 0.15) is 11.5 Å². The first-order chi connectivity index (χ1) is 8.12. The number of methoxy groups -OCH3 is 2. The molecule has 0 fully saturated rings. The van der Waals surface area contributed by atoms with Crippen LogP contribution >= 0.6 is 12.6 Å². The Balaban J connectivity index is 2.92. The van der Waals surface area contributed by atoms with Gasteiger partial charge in [-0.15, -0.1) is 0 Å². The molecule has 1 aromatic rings. The largest absolute Gasteiger partial charge is 0.496 e. The number of nitrogens with one attached hydrogen (secondary N) is 1. The monoisotopic (exact) mass is 255 g/mol. The second kappa shape index (κ2) is 6.39. The van der Waals surface area contributed by atoms with Crippen molar-refractivity contribution < 1.29 is 14.3 Å². The molecule has 0 spiro atoms. The van der Waals surface area contributed by atoms with Gasteiger partial charge in [0, 0.05) is 12.1 Å². The second-order valence-corrected chi connectivity index (χ2v) is 3.88. The van der Waals surface area contributed by atoms with Gasteiger partial charge in [-0.05, 0) is 24.6 Å². The van der Waals surface area contributed by atoms with Crippen molar-refractivity contribution in [1.29, 1.82) is 0 Å². The zero-order valence-corrected chi connectivity index (χ0v) is 11.1. The standard InChI is InChI=1S/C12H17NO3S/c1-8-4-11(16-3)9(5-10(8)15-2)6-13-12(14)7-17/h4-5,17H,6-7H2,1-3H3,(H,13,14). The smallest absolute Gasteiger partial charge is 0.229 e. The Labute approximate surface area is 107 Å². The van der Waals surface area contributed by atoms with Gasteiger partial charge in [-0.25, -0.2) is 0 Å². The predicted octanol–water partition coefficient (Wildman–Crippen LogP) is 1.56. The lowest BCUT2D eigenvalue weighted by atomic mass is 10.1. The fraction of sp³-hybridized carbons (Fsp3) is 0.417. The third-order valence-corrected chi connectivity index (χ3v) is 2.70. The van der Waals surface area contributed by atoms with E-state index in [0.717, 1.165) is 22.6 Å². The second-order valence-electron chi connectivity index (χ2n) is 3.57. The van der Waals surface area contributed by atoms with Crippen LogP contribution in [0.2, 0.25) is 0 Å². The highest BCUT2D eigenvalue weighted by Crippen LogP contribution is 2.28. The first-order valence-electron chi connectivity index (χ1n) is 5.21. The van der Waals surface area contributed by atoms with Gasteiger partial charge < -0.3 is 14.8 Å². The van der Waals surface area contributed by atoms with E-state index in [9.17, 15) is 4.79 Å². The van der Waals surface area contributed by atoms with E-state index in [1.165, 1.54) is 0 Å². The minimum Gasteiger partial charge on any atom is -0.496 e. The Kier molecular flexibility index (Phi) is 5.15. The van der Waals surface area contributed by atoms with E-state index in [1.807, 2.05) is 19.1 Å². The molecule has 4 nitrogen and oxygen atoms in total. The minimum absolute atomic E-state index is 0.116. The molecule has 17 heavy (non-hydrogen) atoms. The summed E-state index contributed by atoms with van der Waals surface area (Å²) in [6, 6.07) is 3.76. The van der Waals surface area contributed by atoms with Gasteiger partial charge in [0.25, 0.3) is 0 Å². The average Bonchev–Trinajstić information content (AvgIpc) is 2.36. The van der Waals surface area contributed by atoms with Crippen LogP contribution in [0.15, 0.2) is 12.1 Å². The summed E-state index contributed by atoms with van der Waals surface area (Å²) >= 11 is 3.90. The van der Waals surface area contributed by atoms with Crippen LogP contribution in [-0.2, 0) is 11.3 Å². The molecule has 1 amide bonds. The summed E-state index contributed by atoms with van der Waals surface area (Å²) in [6.45, 7) is 2.34. The third-order valence-electron chi connectivity index (χ3n) is 2.42. The number of benzene rings is 1. The molecule has 0 heterocycles. The van der Waals surface area contributed by atoms with Crippen LogP contribution in [0.4, 0.5) is 0 Å². The van der Waals surface area contributed by atoms with Crippen molar-refractivity contribution in [2.75, 3.05) is 20.0 Å². The van der Waals surface area contributed by atoms with E-state index in [4.69, 9.17) is 9.47 Å². The van der Waals surface area contributed by atoms with Crippen LogP contribution in [-0.4, -0.2) is 25.9 Å². The zero-order valence-electron chi connectivity index (χ0n) is 10.2. The van der Waals surface area contributed by atoms with Crippen LogP contribution in [0.25, 0.3) is 0 Å². The average molecular weight is 255 g/mol. The quantitative estimate of drug-likeness (QED) is 0.785. The zero-order chi connectivity index (χ0) is 12.8. The maximum Gasteiger partial charge on any atom is 0.229 e. The molecule has 0 radical (unpaired) electrons. The molecule has 1 aromatic carbocycles. The van der Waals surface area contributed by atoms with E-state index in [0.29, 0.717) is 6.54 Å². The number of ether oxygens (including phenoxy) is 2. The Morgan fingerprint density at radius 2 is 1.94 bits per heavy atom. The maximum atomic E-state index is 11.1. The van der Waals surface area contributed by atoms with Crippen molar-refractivity contribution in [3.63, 3.8) is 0 Å². The fourth-order valence-corrected chi connectivity index (χ4v) is 1.61. The number of carbonyl (C=O) groups is 1. The molecular weight excluding hydrogens is 238 g/mol. The van der Waals surface area contributed by atoms with E-state index in [2.05, 4.69) is 17.9 Å².